The highest BCUT2D eigenvalue weighted by molar-refractivity contribution is 7.25. The molecule has 7 aromatic carbocycles. The Morgan fingerprint density at radius 1 is 0.547 bits per heavy atom. The van der Waals surface area contributed by atoms with E-state index in [4.69, 9.17) is 14.4 Å². The molecule has 0 saturated carbocycles. The molecule has 0 radical (unpaired) electrons. The standard InChI is InChI=1S/C47H26N4OS/c48-27-36-44(28-13-3-1-4-14-28)49-47(50-45(36)29-15-5-2-6-16-29)33-23-24-38(46-43(33)32-19-8-11-21-40(32)52-46)51-37-20-10-7-17-30(37)34-26-42-35(25-39(34)51)31-18-9-12-22-41(31)53-42/h1-26H. The molecule has 11 aromatic rings. The van der Waals surface area contributed by atoms with Gasteiger partial charge in [-0.15, -0.1) is 11.3 Å². The minimum absolute atomic E-state index is 0.439. The average molecular weight is 695 g/mol. The van der Waals surface area contributed by atoms with Crippen LogP contribution in [0.5, 0.6) is 0 Å². The van der Waals surface area contributed by atoms with Gasteiger partial charge in [0.15, 0.2) is 11.4 Å². The molecule has 246 valence electrons. The van der Waals surface area contributed by atoms with Crippen LogP contribution >= 0.6 is 11.3 Å². The number of nitriles is 1. The van der Waals surface area contributed by atoms with Crippen LogP contribution < -0.4 is 0 Å². The van der Waals surface area contributed by atoms with Crippen LogP contribution in [0, 0.1) is 11.3 Å². The largest absolute Gasteiger partial charge is 0.454 e. The molecule has 0 atom stereocenters. The van der Waals surface area contributed by atoms with Crippen LogP contribution in [0.25, 0.3) is 104 Å². The van der Waals surface area contributed by atoms with E-state index in [1.165, 1.54) is 30.9 Å². The number of benzene rings is 7. The summed E-state index contributed by atoms with van der Waals surface area (Å²) in [6.45, 7) is 0. The van der Waals surface area contributed by atoms with Gasteiger partial charge in [0.05, 0.1) is 28.1 Å². The lowest BCUT2D eigenvalue weighted by Gasteiger charge is -2.14. The van der Waals surface area contributed by atoms with Crippen molar-refractivity contribution in [1.82, 2.24) is 14.5 Å². The minimum Gasteiger partial charge on any atom is -0.454 e. The fourth-order valence-corrected chi connectivity index (χ4v) is 9.05. The number of hydrogen-bond donors (Lipinski definition) is 0. The summed E-state index contributed by atoms with van der Waals surface area (Å²) in [6, 6.07) is 56.5. The third kappa shape index (κ3) is 4.42. The van der Waals surface area contributed by atoms with Crippen molar-refractivity contribution in [2.24, 2.45) is 0 Å². The Morgan fingerprint density at radius 3 is 1.92 bits per heavy atom. The van der Waals surface area contributed by atoms with Crippen molar-refractivity contribution in [2.45, 2.75) is 0 Å². The quantitative estimate of drug-likeness (QED) is 0.184. The van der Waals surface area contributed by atoms with Gasteiger partial charge < -0.3 is 8.98 Å². The zero-order valence-corrected chi connectivity index (χ0v) is 28.9. The van der Waals surface area contributed by atoms with E-state index in [1.54, 1.807) is 0 Å². The highest BCUT2D eigenvalue weighted by Gasteiger charge is 2.24. The number of thiophene rings is 1. The van der Waals surface area contributed by atoms with E-state index in [1.807, 2.05) is 90.2 Å². The normalized spacial score (nSPS) is 11.8. The molecular formula is C47H26N4OS. The van der Waals surface area contributed by atoms with Crippen LogP contribution in [0.15, 0.2) is 162 Å². The van der Waals surface area contributed by atoms with Gasteiger partial charge >= 0.3 is 0 Å². The molecule has 0 aliphatic rings. The van der Waals surface area contributed by atoms with Gasteiger partial charge in [-0.2, -0.15) is 5.26 Å². The molecule has 0 fully saturated rings. The molecule has 0 spiro atoms. The summed E-state index contributed by atoms with van der Waals surface area (Å²) in [7, 11) is 0. The molecule has 4 heterocycles. The summed E-state index contributed by atoms with van der Waals surface area (Å²) in [5.41, 5.74) is 8.85. The van der Waals surface area contributed by atoms with Gasteiger partial charge in [0.1, 0.15) is 17.2 Å². The van der Waals surface area contributed by atoms with Crippen LogP contribution in [-0.4, -0.2) is 14.5 Å². The van der Waals surface area contributed by atoms with Gasteiger partial charge in [-0.3, -0.25) is 0 Å². The number of fused-ring (bicyclic) bond motifs is 9. The van der Waals surface area contributed by atoms with Gasteiger partial charge in [-0.05, 0) is 42.5 Å². The first kappa shape index (κ1) is 29.6. The van der Waals surface area contributed by atoms with E-state index >= 15 is 0 Å². The van der Waals surface area contributed by atoms with Crippen molar-refractivity contribution < 1.29 is 4.42 Å². The Kier molecular flexibility index (Phi) is 6.42. The Labute approximate surface area is 307 Å². The van der Waals surface area contributed by atoms with Gasteiger partial charge in [-0.25, -0.2) is 9.97 Å². The Bertz CT molecular complexity index is 3230. The summed E-state index contributed by atoms with van der Waals surface area (Å²) in [4.78, 5) is 10.4. The lowest BCUT2D eigenvalue weighted by atomic mass is 9.99. The molecule has 0 aliphatic heterocycles. The third-order valence-corrected chi connectivity index (χ3v) is 11.4. The lowest BCUT2D eigenvalue weighted by molar-refractivity contribution is 0.666. The van der Waals surface area contributed by atoms with E-state index in [2.05, 4.69) is 89.5 Å². The Hall–Kier alpha value is -7.07. The average Bonchev–Trinajstić information content (AvgIpc) is 3.89. The molecule has 4 aromatic heterocycles. The molecule has 11 rings (SSSR count). The first-order chi connectivity index (χ1) is 26.2. The highest BCUT2D eigenvalue weighted by atomic mass is 32.1. The topological polar surface area (TPSA) is 67.6 Å². The van der Waals surface area contributed by atoms with E-state index in [-0.39, 0.29) is 0 Å². The summed E-state index contributed by atoms with van der Waals surface area (Å²) in [5, 5.41) is 17.3. The first-order valence-electron chi connectivity index (χ1n) is 17.5. The van der Waals surface area contributed by atoms with Gasteiger partial charge in [0.25, 0.3) is 0 Å². The maximum atomic E-state index is 10.5. The summed E-state index contributed by atoms with van der Waals surface area (Å²) < 4.78 is 11.8. The Morgan fingerprint density at radius 2 is 1.19 bits per heavy atom. The van der Waals surface area contributed by atoms with Crippen molar-refractivity contribution >= 4 is 75.3 Å². The molecule has 53 heavy (non-hydrogen) atoms. The summed E-state index contributed by atoms with van der Waals surface area (Å²) >= 11 is 1.83. The molecule has 0 N–H and O–H groups in total. The molecular weight excluding hydrogens is 669 g/mol. The molecule has 6 heteroatoms. The molecule has 0 unspecified atom stereocenters. The zero-order valence-electron chi connectivity index (χ0n) is 28.1. The lowest BCUT2D eigenvalue weighted by Crippen LogP contribution is -2.02. The second kappa shape index (κ2) is 11.5. The number of furan rings is 1. The van der Waals surface area contributed by atoms with Crippen LogP contribution in [0.4, 0.5) is 0 Å². The first-order valence-corrected chi connectivity index (χ1v) is 18.3. The second-order valence-electron chi connectivity index (χ2n) is 13.2. The predicted molar refractivity (Wildman–Crippen MR) is 218 cm³/mol. The van der Waals surface area contributed by atoms with Crippen LogP contribution in [0.2, 0.25) is 0 Å². The number of hydrogen-bond acceptors (Lipinski definition) is 5. The van der Waals surface area contributed by atoms with E-state index in [9.17, 15) is 5.26 Å². The number of rotatable bonds is 4. The molecule has 0 saturated heterocycles. The maximum absolute atomic E-state index is 10.5. The fourth-order valence-electron chi connectivity index (χ4n) is 7.92. The number of aromatic nitrogens is 3. The van der Waals surface area contributed by atoms with E-state index in [0.717, 1.165) is 55.3 Å². The SMILES string of the molecule is N#Cc1c(-c2ccccc2)nc(-c2ccc(-n3c4ccccc4c4cc5sc6ccccc6c5cc43)c3oc4ccccc4c23)nc1-c1ccccc1. The molecule has 0 amide bonds. The number of nitrogens with zero attached hydrogens (tertiary/aromatic N) is 4. The molecule has 0 aliphatic carbocycles. The molecule has 5 nitrogen and oxygen atoms in total. The van der Waals surface area contributed by atoms with Crippen LogP contribution in [0.3, 0.4) is 0 Å². The smallest absolute Gasteiger partial charge is 0.161 e. The van der Waals surface area contributed by atoms with Crippen molar-refractivity contribution in [3.05, 3.63) is 163 Å². The van der Waals surface area contributed by atoms with E-state index in [0.29, 0.717) is 22.8 Å². The van der Waals surface area contributed by atoms with Crippen molar-refractivity contribution in [1.29, 1.82) is 5.26 Å². The van der Waals surface area contributed by atoms with Crippen molar-refractivity contribution in [3.8, 4) is 45.7 Å². The predicted octanol–water partition coefficient (Wildman–Crippen LogP) is 12.7. The highest BCUT2D eigenvalue weighted by Crippen LogP contribution is 2.45. The van der Waals surface area contributed by atoms with Gasteiger partial charge in [-0.1, -0.05) is 115 Å². The summed E-state index contributed by atoms with van der Waals surface area (Å²) in [5.74, 6) is 0.526. The van der Waals surface area contributed by atoms with E-state index < -0.39 is 0 Å². The maximum Gasteiger partial charge on any atom is 0.161 e. The fraction of sp³-hybridized carbons (Fsp3) is 0. The Balaban J connectivity index is 1.24. The van der Waals surface area contributed by atoms with Crippen LogP contribution in [0.1, 0.15) is 5.56 Å². The second-order valence-corrected chi connectivity index (χ2v) is 14.3. The molecule has 0 bridgehead atoms. The van der Waals surface area contributed by atoms with Crippen molar-refractivity contribution in [3.63, 3.8) is 0 Å². The minimum atomic E-state index is 0.439. The zero-order chi connectivity index (χ0) is 35.0. The van der Waals surface area contributed by atoms with Gasteiger partial charge in [0, 0.05) is 58.4 Å². The van der Waals surface area contributed by atoms with Crippen LogP contribution in [-0.2, 0) is 0 Å². The monoisotopic (exact) mass is 694 g/mol. The summed E-state index contributed by atoms with van der Waals surface area (Å²) in [6.07, 6.45) is 0. The van der Waals surface area contributed by atoms with Crippen molar-refractivity contribution in [2.75, 3.05) is 0 Å². The number of para-hydroxylation sites is 2. The third-order valence-electron chi connectivity index (χ3n) is 10.3. The van der Waals surface area contributed by atoms with Gasteiger partial charge in [0.2, 0.25) is 0 Å².